The van der Waals surface area contributed by atoms with Gasteiger partial charge in [0.05, 0.1) is 17.6 Å². The molecule has 1 heterocycles. The second-order valence-corrected chi connectivity index (χ2v) is 9.52. The van der Waals surface area contributed by atoms with Gasteiger partial charge in [-0.25, -0.2) is 8.42 Å². The Morgan fingerprint density at radius 2 is 1.67 bits per heavy atom. The maximum absolute atomic E-state index is 12.5. The van der Waals surface area contributed by atoms with Crippen molar-refractivity contribution in [2.24, 2.45) is 0 Å². The Kier molecular flexibility index (Phi) is 7.06. The van der Waals surface area contributed by atoms with E-state index < -0.39 is 10.0 Å². The van der Waals surface area contributed by atoms with Crippen molar-refractivity contribution in [2.45, 2.75) is 13.3 Å². The largest absolute Gasteiger partial charge is 0.367 e. The van der Waals surface area contributed by atoms with E-state index in [4.69, 9.17) is 12.2 Å². The molecule has 160 valence electrons. The van der Waals surface area contributed by atoms with E-state index in [1.54, 1.807) is 12.1 Å². The lowest BCUT2D eigenvalue weighted by atomic mass is 10.1. The fourth-order valence-electron chi connectivity index (χ4n) is 3.34. The first-order chi connectivity index (χ1) is 14.3. The van der Waals surface area contributed by atoms with E-state index in [0.717, 1.165) is 23.4 Å². The smallest absolute Gasteiger partial charge is 0.257 e. The van der Waals surface area contributed by atoms with Gasteiger partial charge in [-0.05, 0) is 48.5 Å². The summed E-state index contributed by atoms with van der Waals surface area (Å²) >= 11 is 5.34. The molecule has 30 heavy (non-hydrogen) atoms. The molecule has 1 aliphatic rings. The van der Waals surface area contributed by atoms with Gasteiger partial charge < -0.3 is 10.2 Å². The van der Waals surface area contributed by atoms with Gasteiger partial charge in [0, 0.05) is 31.7 Å². The monoisotopic (exact) mass is 446 g/mol. The average molecular weight is 447 g/mol. The van der Waals surface area contributed by atoms with Crippen molar-refractivity contribution in [3.05, 3.63) is 59.7 Å². The van der Waals surface area contributed by atoms with Crippen molar-refractivity contribution >= 4 is 44.6 Å². The van der Waals surface area contributed by atoms with Crippen LogP contribution in [0.4, 0.5) is 11.4 Å². The van der Waals surface area contributed by atoms with Crippen molar-refractivity contribution in [3.63, 3.8) is 0 Å². The molecule has 0 radical (unpaired) electrons. The molecule has 2 aromatic rings. The summed E-state index contributed by atoms with van der Waals surface area (Å²) in [6.07, 6.45) is 2.15. The van der Waals surface area contributed by atoms with Gasteiger partial charge in [0.15, 0.2) is 5.11 Å². The standard InChI is InChI=1S/C21H26N4O3S2/c1-3-16-8-10-17(11-9-16)20(26)23-21(29)22-18-6-4-5-7-19(18)24-12-14-25(15-13-24)30(2,27)28/h4-11H,3,12-15H2,1-2H3,(H2,22,23,26,29). The molecule has 0 unspecified atom stereocenters. The van der Waals surface area contributed by atoms with Crippen molar-refractivity contribution in [1.82, 2.24) is 9.62 Å². The van der Waals surface area contributed by atoms with Crippen LogP contribution in [0.15, 0.2) is 48.5 Å². The number of nitrogens with zero attached hydrogens (tertiary/aromatic N) is 2. The first-order valence-electron chi connectivity index (χ1n) is 9.78. The van der Waals surface area contributed by atoms with Crippen molar-refractivity contribution in [2.75, 3.05) is 42.7 Å². The van der Waals surface area contributed by atoms with Gasteiger partial charge in [0.2, 0.25) is 10.0 Å². The third-order valence-electron chi connectivity index (χ3n) is 5.05. The van der Waals surface area contributed by atoms with Crippen LogP contribution in [0.2, 0.25) is 0 Å². The molecule has 1 saturated heterocycles. The molecule has 1 aliphatic heterocycles. The molecular weight excluding hydrogens is 420 g/mol. The number of anilines is 2. The predicted molar refractivity (Wildman–Crippen MR) is 125 cm³/mol. The Hall–Kier alpha value is -2.49. The van der Waals surface area contributed by atoms with E-state index in [9.17, 15) is 13.2 Å². The molecule has 0 aromatic heterocycles. The molecule has 2 aromatic carbocycles. The normalized spacial score (nSPS) is 14.9. The zero-order chi connectivity index (χ0) is 21.7. The summed E-state index contributed by atoms with van der Waals surface area (Å²) in [6.45, 7) is 4.08. The van der Waals surface area contributed by atoms with Crippen LogP contribution in [0.3, 0.4) is 0 Å². The fraction of sp³-hybridized carbons (Fsp3) is 0.333. The molecule has 3 rings (SSSR count). The summed E-state index contributed by atoms with van der Waals surface area (Å²) in [5.74, 6) is -0.269. The fourth-order valence-corrected chi connectivity index (χ4v) is 4.37. The van der Waals surface area contributed by atoms with Crippen LogP contribution in [-0.4, -0.2) is 56.2 Å². The molecular formula is C21H26N4O3S2. The Bertz CT molecular complexity index is 1010. The number of para-hydroxylation sites is 2. The number of amides is 1. The van der Waals surface area contributed by atoms with Gasteiger partial charge in [-0.2, -0.15) is 4.31 Å². The number of hydrogen-bond donors (Lipinski definition) is 2. The van der Waals surface area contributed by atoms with Crippen LogP contribution >= 0.6 is 12.2 Å². The molecule has 1 fully saturated rings. The first-order valence-corrected chi connectivity index (χ1v) is 12.0. The number of hydrogen-bond acceptors (Lipinski definition) is 5. The summed E-state index contributed by atoms with van der Waals surface area (Å²) in [7, 11) is -3.18. The van der Waals surface area contributed by atoms with Crippen LogP contribution in [0.5, 0.6) is 0 Å². The second-order valence-electron chi connectivity index (χ2n) is 7.12. The van der Waals surface area contributed by atoms with E-state index >= 15 is 0 Å². The summed E-state index contributed by atoms with van der Waals surface area (Å²) in [5, 5.41) is 6.02. The van der Waals surface area contributed by atoms with Gasteiger partial charge >= 0.3 is 0 Å². The number of nitrogens with one attached hydrogen (secondary N) is 2. The molecule has 1 amide bonds. The number of piperazine rings is 1. The number of benzene rings is 2. The minimum atomic E-state index is -3.18. The highest BCUT2D eigenvalue weighted by molar-refractivity contribution is 7.88. The van der Waals surface area contributed by atoms with E-state index in [1.165, 1.54) is 10.6 Å². The lowest BCUT2D eigenvalue weighted by Crippen LogP contribution is -2.48. The summed E-state index contributed by atoms with van der Waals surface area (Å²) < 4.78 is 25.0. The topological polar surface area (TPSA) is 81.8 Å². The lowest BCUT2D eigenvalue weighted by molar-refractivity contribution is 0.0977. The summed E-state index contributed by atoms with van der Waals surface area (Å²) in [5.41, 5.74) is 3.38. The maximum atomic E-state index is 12.5. The van der Waals surface area contributed by atoms with E-state index in [2.05, 4.69) is 22.5 Å². The first kappa shape index (κ1) is 22.2. The Morgan fingerprint density at radius 1 is 1.03 bits per heavy atom. The Morgan fingerprint density at radius 3 is 2.27 bits per heavy atom. The molecule has 0 spiro atoms. The van der Waals surface area contributed by atoms with Gasteiger partial charge in [-0.1, -0.05) is 31.2 Å². The highest BCUT2D eigenvalue weighted by atomic mass is 32.2. The molecule has 2 N–H and O–H groups in total. The molecule has 0 atom stereocenters. The third-order valence-corrected chi connectivity index (χ3v) is 6.56. The highest BCUT2D eigenvalue weighted by Crippen LogP contribution is 2.27. The van der Waals surface area contributed by atoms with E-state index in [1.807, 2.05) is 36.4 Å². The van der Waals surface area contributed by atoms with Gasteiger partial charge in [-0.15, -0.1) is 0 Å². The zero-order valence-electron chi connectivity index (χ0n) is 17.1. The van der Waals surface area contributed by atoms with E-state index in [0.29, 0.717) is 31.7 Å². The molecule has 9 heteroatoms. The summed E-state index contributed by atoms with van der Waals surface area (Å²) in [4.78, 5) is 14.6. The Labute approximate surface area is 183 Å². The number of carbonyl (C=O) groups is 1. The maximum Gasteiger partial charge on any atom is 0.257 e. The number of sulfonamides is 1. The van der Waals surface area contributed by atoms with Gasteiger partial charge in [0.1, 0.15) is 0 Å². The average Bonchev–Trinajstić information content (AvgIpc) is 2.73. The number of thiocarbonyl (C=S) groups is 1. The highest BCUT2D eigenvalue weighted by Gasteiger charge is 2.24. The minimum Gasteiger partial charge on any atom is -0.367 e. The van der Waals surface area contributed by atoms with Crippen LogP contribution in [0.1, 0.15) is 22.8 Å². The van der Waals surface area contributed by atoms with Gasteiger partial charge in [-0.3, -0.25) is 10.1 Å². The second kappa shape index (κ2) is 9.55. The molecule has 0 aliphatic carbocycles. The molecule has 7 nitrogen and oxygen atoms in total. The van der Waals surface area contributed by atoms with Crippen molar-refractivity contribution < 1.29 is 13.2 Å². The van der Waals surface area contributed by atoms with Crippen LogP contribution in [0, 0.1) is 0 Å². The van der Waals surface area contributed by atoms with E-state index in [-0.39, 0.29) is 11.0 Å². The number of aryl methyl sites for hydroxylation is 1. The minimum absolute atomic E-state index is 0.210. The SMILES string of the molecule is CCc1ccc(C(=O)NC(=S)Nc2ccccc2N2CCN(S(C)(=O)=O)CC2)cc1. The zero-order valence-corrected chi connectivity index (χ0v) is 18.7. The quantitative estimate of drug-likeness (QED) is 0.687. The van der Waals surface area contributed by atoms with Gasteiger partial charge in [0.25, 0.3) is 5.91 Å². The number of rotatable bonds is 5. The molecule has 0 saturated carbocycles. The van der Waals surface area contributed by atoms with Crippen molar-refractivity contribution in [1.29, 1.82) is 0 Å². The molecule has 0 bridgehead atoms. The predicted octanol–water partition coefficient (Wildman–Crippen LogP) is 2.46. The summed E-state index contributed by atoms with van der Waals surface area (Å²) in [6, 6.07) is 15.1. The third kappa shape index (κ3) is 5.56. The van der Waals surface area contributed by atoms with Crippen LogP contribution in [-0.2, 0) is 16.4 Å². The Balaban J connectivity index is 1.64. The van der Waals surface area contributed by atoms with Crippen LogP contribution in [0.25, 0.3) is 0 Å². The van der Waals surface area contributed by atoms with Crippen LogP contribution < -0.4 is 15.5 Å². The lowest BCUT2D eigenvalue weighted by Gasteiger charge is -2.35. The number of carbonyl (C=O) groups excluding carboxylic acids is 1. The van der Waals surface area contributed by atoms with Crippen molar-refractivity contribution in [3.8, 4) is 0 Å².